The number of ether oxygens (including phenoxy) is 1. The van der Waals surface area contributed by atoms with E-state index in [2.05, 4.69) is 58.8 Å². The van der Waals surface area contributed by atoms with Crippen LogP contribution in [-0.2, 0) is 36.8 Å². The Labute approximate surface area is 270 Å². The first-order valence-electron chi connectivity index (χ1n) is 16.1. The molecule has 8 nitrogen and oxygen atoms in total. The summed E-state index contributed by atoms with van der Waals surface area (Å²) in [6, 6.07) is 28.9. The molecule has 6 rings (SSSR count). The number of benzene rings is 4. The lowest BCUT2D eigenvalue weighted by Crippen LogP contribution is -2.46. The molecular weight excluding hydrogens is 580 g/mol. The minimum absolute atomic E-state index is 0.191. The van der Waals surface area contributed by atoms with Crippen molar-refractivity contribution in [3.8, 4) is 0 Å². The molecule has 3 unspecified atom stereocenters. The monoisotopic (exact) mass is 622 g/mol. The van der Waals surface area contributed by atoms with Crippen LogP contribution in [0.3, 0.4) is 0 Å². The minimum Gasteiger partial charge on any atom is -0.478 e. The first-order chi connectivity index (χ1) is 22.3. The van der Waals surface area contributed by atoms with Crippen molar-refractivity contribution in [1.29, 1.82) is 0 Å². The molecule has 2 aliphatic heterocycles. The molecule has 46 heavy (non-hydrogen) atoms. The number of nitrogens with zero attached hydrogens (tertiary/aromatic N) is 2. The van der Waals surface area contributed by atoms with E-state index in [4.69, 9.17) is 14.4 Å². The summed E-state index contributed by atoms with van der Waals surface area (Å²) in [7, 11) is 0. The molecule has 4 aromatic carbocycles. The number of fused-ring (bicyclic) bond motifs is 2. The van der Waals surface area contributed by atoms with Crippen LogP contribution in [0.2, 0.25) is 0 Å². The zero-order valence-electron chi connectivity index (χ0n) is 27.0. The van der Waals surface area contributed by atoms with Gasteiger partial charge < -0.3 is 19.5 Å². The maximum Gasteiger partial charge on any atom is 0.353 e. The first kappa shape index (κ1) is 32.7. The largest absolute Gasteiger partial charge is 0.478 e. The molecule has 2 aliphatic rings. The average Bonchev–Trinajstić information content (AvgIpc) is 3.68. The molecule has 0 saturated heterocycles. The van der Waals surface area contributed by atoms with Crippen LogP contribution in [0.25, 0.3) is 21.5 Å². The Hall–Kier alpha value is -4.72. The Kier molecular flexibility index (Phi) is 10.0. The highest BCUT2D eigenvalue weighted by Gasteiger charge is 2.53. The highest BCUT2D eigenvalue weighted by atomic mass is 16.7. The van der Waals surface area contributed by atoms with Crippen molar-refractivity contribution in [3.05, 3.63) is 96.1 Å². The first-order valence-corrected chi connectivity index (χ1v) is 16.1. The van der Waals surface area contributed by atoms with Crippen molar-refractivity contribution in [2.45, 2.75) is 77.4 Å². The molecule has 0 aliphatic carbocycles. The van der Waals surface area contributed by atoms with E-state index in [0.717, 1.165) is 17.0 Å². The quantitative estimate of drug-likeness (QED) is 0.180. The van der Waals surface area contributed by atoms with Gasteiger partial charge in [0.05, 0.1) is 23.9 Å². The number of carboxylic acid groups (broad SMARTS) is 1. The van der Waals surface area contributed by atoms with Crippen molar-refractivity contribution < 1.29 is 29.1 Å². The van der Waals surface area contributed by atoms with Gasteiger partial charge in [0.25, 0.3) is 0 Å². The molecule has 8 heteroatoms. The van der Waals surface area contributed by atoms with E-state index in [1.165, 1.54) is 27.1 Å². The van der Waals surface area contributed by atoms with Crippen LogP contribution < -0.4 is 0 Å². The van der Waals surface area contributed by atoms with Crippen molar-refractivity contribution in [1.82, 2.24) is 0 Å². The number of carbonyl (C=O) groups excluding carboxylic acids is 1. The summed E-state index contributed by atoms with van der Waals surface area (Å²) in [6.07, 6.45) is 3.45. The number of carboxylic acids is 1. The number of oxime groups is 2. The molecule has 1 N–H and O–H groups in total. The van der Waals surface area contributed by atoms with Gasteiger partial charge >= 0.3 is 11.9 Å². The lowest BCUT2D eigenvalue weighted by atomic mass is 9.79. The van der Waals surface area contributed by atoms with Crippen molar-refractivity contribution in [3.63, 3.8) is 0 Å². The molecule has 0 bridgehead atoms. The third kappa shape index (κ3) is 6.34. The number of hydrogen-bond acceptors (Lipinski definition) is 7. The van der Waals surface area contributed by atoms with Crippen LogP contribution in [0.5, 0.6) is 0 Å². The fourth-order valence-electron chi connectivity index (χ4n) is 6.56. The number of hydrogen-bond donors (Lipinski definition) is 1. The normalized spacial score (nSPS) is 21.9. The molecule has 240 valence electrons. The highest BCUT2D eigenvalue weighted by Crippen LogP contribution is 2.37. The van der Waals surface area contributed by atoms with Gasteiger partial charge in [-0.1, -0.05) is 116 Å². The number of carbonyl (C=O) groups is 2. The fraction of sp³-hybridized carbons (Fsp3) is 0.368. The van der Waals surface area contributed by atoms with Gasteiger partial charge in [0, 0.05) is 19.3 Å². The van der Waals surface area contributed by atoms with Crippen LogP contribution in [0.1, 0.15) is 64.5 Å². The molecular formula is C38H42N2O6. The van der Waals surface area contributed by atoms with E-state index in [9.17, 15) is 14.7 Å². The van der Waals surface area contributed by atoms with Gasteiger partial charge in [0.15, 0.2) is 0 Å². The van der Waals surface area contributed by atoms with Crippen LogP contribution in [0, 0.1) is 5.92 Å². The van der Waals surface area contributed by atoms with Gasteiger partial charge in [0.2, 0.25) is 11.2 Å². The van der Waals surface area contributed by atoms with Crippen molar-refractivity contribution in [2.75, 3.05) is 6.61 Å². The molecule has 0 fully saturated rings. The maximum absolute atomic E-state index is 12.2. The van der Waals surface area contributed by atoms with Gasteiger partial charge in [-0.05, 0) is 58.9 Å². The van der Waals surface area contributed by atoms with E-state index >= 15 is 0 Å². The summed E-state index contributed by atoms with van der Waals surface area (Å²) < 4.78 is 5.15. The third-order valence-electron chi connectivity index (χ3n) is 9.17. The second-order valence-corrected chi connectivity index (χ2v) is 11.8. The summed E-state index contributed by atoms with van der Waals surface area (Å²) in [5.74, 6) is -1.44. The number of esters is 1. The van der Waals surface area contributed by atoms with Crippen LogP contribution >= 0.6 is 0 Å². The van der Waals surface area contributed by atoms with Crippen molar-refractivity contribution in [2.24, 2.45) is 16.2 Å². The Bertz CT molecular complexity index is 1770. The molecule has 0 radical (unpaired) electrons. The fourth-order valence-corrected chi connectivity index (χ4v) is 6.56. The van der Waals surface area contributed by atoms with Gasteiger partial charge in [-0.15, -0.1) is 0 Å². The van der Waals surface area contributed by atoms with E-state index in [1.54, 1.807) is 6.92 Å². The Morgan fingerprint density at radius 1 is 0.783 bits per heavy atom. The Morgan fingerprint density at radius 3 is 1.91 bits per heavy atom. The summed E-state index contributed by atoms with van der Waals surface area (Å²) in [5, 5.41) is 22.7. The molecule has 2 heterocycles. The number of rotatable bonds is 10. The summed E-state index contributed by atoms with van der Waals surface area (Å²) in [4.78, 5) is 34.9. The van der Waals surface area contributed by atoms with E-state index in [1.807, 2.05) is 57.2 Å². The van der Waals surface area contributed by atoms with Gasteiger partial charge in [0.1, 0.15) is 0 Å². The predicted octanol–water partition coefficient (Wildman–Crippen LogP) is 7.90. The molecule has 0 saturated carbocycles. The summed E-state index contributed by atoms with van der Waals surface area (Å²) in [6.45, 7) is 7.91. The molecule has 0 amide bonds. The number of aliphatic carboxylic acids is 1. The molecule has 0 aromatic heterocycles. The maximum atomic E-state index is 12.2. The predicted molar refractivity (Wildman–Crippen MR) is 181 cm³/mol. The Balaban J connectivity index is 0.000000181. The SMILES string of the molecule is CCC1C(Cc2cccc3ccccc23)=NOC1(CC)C(=O)O.CCOC(=O)C1(CC)CC(Cc2cccc3ccccc23)=NO1. The second-order valence-electron chi connectivity index (χ2n) is 11.8. The zero-order valence-corrected chi connectivity index (χ0v) is 27.0. The van der Waals surface area contributed by atoms with E-state index < -0.39 is 17.2 Å². The second kappa shape index (κ2) is 14.1. The third-order valence-corrected chi connectivity index (χ3v) is 9.17. The van der Waals surface area contributed by atoms with E-state index in [0.29, 0.717) is 45.1 Å². The standard InChI is InChI=1S/2C19H21NO3/c1-3-19(18(21)22-4-2)13-16(20-23-19)12-15-10-7-9-14-8-5-6-11-17(14)15;1-3-16-17(20-23-19(16,4-2)18(21)22)12-14-10-7-9-13-8-5-6-11-15(13)14/h5-11H,3-4,12-13H2,1-2H3;5-11,16H,3-4,12H2,1-2H3,(H,21,22). The molecule has 3 atom stereocenters. The van der Waals surface area contributed by atoms with Gasteiger partial charge in [-0.25, -0.2) is 9.59 Å². The lowest BCUT2D eigenvalue weighted by Gasteiger charge is -2.27. The van der Waals surface area contributed by atoms with Crippen LogP contribution in [0.4, 0.5) is 0 Å². The zero-order chi connectivity index (χ0) is 32.7. The van der Waals surface area contributed by atoms with E-state index in [-0.39, 0.29) is 11.9 Å². The Morgan fingerprint density at radius 2 is 1.37 bits per heavy atom. The molecule has 4 aromatic rings. The highest BCUT2D eigenvalue weighted by molar-refractivity contribution is 5.99. The van der Waals surface area contributed by atoms with Crippen molar-refractivity contribution >= 4 is 44.9 Å². The van der Waals surface area contributed by atoms with Crippen LogP contribution in [0.15, 0.2) is 95.2 Å². The van der Waals surface area contributed by atoms with Gasteiger partial charge in [-0.3, -0.25) is 0 Å². The van der Waals surface area contributed by atoms with Gasteiger partial charge in [-0.2, -0.15) is 0 Å². The summed E-state index contributed by atoms with van der Waals surface area (Å²) >= 11 is 0. The molecule has 0 spiro atoms. The summed E-state index contributed by atoms with van der Waals surface area (Å²) in [5.41, 5.74) is 1.90. The van der Waals surface area contributed by atoms with Crippen LogP contribution in [-0.4, -0.2) is 46.3 Å². The minimum atomic E-state index is -1.21. The average molecular weight is 623 g/mol. The smallest absolute Gasteiger partial charge is 0.353 e. The topological polar surface area (TPSA) is 107 Å². The lowest BCUT2D eigenvalue weighted by molar-refractivity contribution is -0.169.